The van der Waals surface area contributed by atoms with Crippen LogP contribution in [0.15, 0.2) is 24.3 Å². The summed E-state index contributed by atoms with van der Waals surface area (Å²) in [6.45, 7) is 6.12. The number of aliphatic hydroxyl groups is 1. The Morgan fingerprint density at radius 2 is 1.89 bits per heavy atom. The minimum atomic E-state index is -0.717. The van der Waals surface area contributed by atoms with E-state index in [9.17, 15) is 5.11 Å². The normalized spacial score (nSPS) is 14.0. The summed E-state index contributed by atoms with van der Waals surface area (Å²) < 4.78 is 1.88. The monoisotopic (exact) mass is 247 g/mol. The van der Waals surface area contributed by atoms with Crippen molar-refractivity contribution in [3.05, 3.63) is 24.3 Å². The van der Waals surface area contributed by atoms with Crippen LogP contribution in [0.1, 0.15) is 46.1 Å². The summed E-state index contributed by atoms with van der Waals surface area (Å²) in [4.78, 5) is 0. The van der Waals surface area contributed by atoms with E-state index in [1.165, 1.54) is 0 Å². The highest BCUT2D eigenvalue weighted by molar-refractivity contribution is 5.74. The Balaban J connectivity index is 2.50. The molecule has 0 saturated carbocycles. The first kappa shape index (κ1) is 13.0. The third-order valence-electron chi connectivity index (χ3n) is 3.90. The van der Waals surface area contributed by atoms with Crippen molar-refractivity contribution in [2.45, 2.75) is 51.7 Å². The molecular formula is C14H21N3O. The molecule has 1 unspecified atom stereocenters. The average Bonchev–Trinajstić information content (AvgIpc) is 2.83. The van der Waals surface area contributed by atoms with Crippen LogP contribution >= 0.6 is 0 Å². The highest BCUT2D eigenvalue weighted by Gasteiger charge is 2.34. The molecule has 4 nitrogen and oxygen atoms in total. The molecule has 0 bridgehead atoms. The van der Waals surface area contributed by atoms with Crippen LogP contribution in [-0.2, 0) is 0 Å². The van der Waals surface area contributed by atoms with Crippen LogP contribution in [0.3, 0.4) is 0 Å². The lowest BCUT2D eigenvalue weighted by Crippen LogP contribution is -2.38. The Kier molecular flexibility index (Phi) is 3.66. The van der Waals surface area contributed by atoms with E-state index in [1.807, 2.05) is 42.8 Å². The molecule has 98 valence electrons. The van der Waals surface area contributed by atoms with Gasteiger partial charge in [-0.2, -0.15) is 0 Å². The second-order valence-corrected chi connectivity index (χ2v) is 4.76. The number of benzene rings is 1. The van der Waals surface area contributed by atoms with E-state index in [1.54, 1.807) is 0 Å². The smallest absolute Gasteiger partial charge is 0.113 e. The summed E-state index contributed by atoms with van der Waals surface area (Å²) in [5, 5.41) is 19.1. The van der Waals surface area contributed by atoms with Crippen molar-refractivity contribution in [1.29, 1.82) is 0 Å². The molecule has 0 fully saturated rings. The maximum atomic E-state index is 10.7. The molecule has 0 radical (unpaired) electrons. The molecule has 0 saturated heterocycles. The van der Waals surface area contributed by atoms with Gasteiger partial charge in [0, 0.05) is 0 Å². The van der Waals surface area contributed by atoms with Gasteiger partial charge in [-0.25, -0.2) is 4.68 Å². The molecule has 1 aromatic heterocycles. The Hall–Kier alpha value is -1.42. The van der Waals surface area contributed by atoms with Gasteiger partial charge >= 0.3 is 0 Å². The van der Waals surface area contributed by atoms with Gasteiger partial charge in [0.25, 0.3) is 0 Å². The highest BCUT2D eigenvalue weighted by atomic mass is 16.3. The van der Waals surface area contributed by atoms with Crippen molar-refractivity contribution in [3.63, 3.8) is 0 Å². The van der Waals surface area contributed by atoms with Crippen molar-refractivity contribution in [3.8, 4) is 0 Å². The van der Waals surface area contributed by atoms with Gasteiger partial charge in [0.05, 0.1) is 17.2 Å². The first-order chi connectivity index (χ1) is 8.66. The molecule has 2 rings (SSSR count). The van der Waals surface area contributed by atoms with Crippen LogP contribution in [0.25, 0.3) is 11.0 Å². The molecule has 0 amide bonds. The molecule has 0 aliphatic heterocycles. The maximum absolute atomic E-state index is 10.7. The van der Waals surface area contributed by atoms with Gasteiger partial charge in [0.2, 0.25) is 0 Å². The van der Waals surface area contributed by atoms with Crippen LogP contribution in [0.2, 0.25) is 0 Å². The van der Waals surface area contributed by atoms with E-state index in [2.05, 4.69) is 17.2 Å². The second-order valence-electron chi connectivity index (χ2n) is 4.76. The summed E-state index contributed by atoms with van der Waals surface area (Å²) in [6.07, 6.45) is 2.28. The topological polar surface area (TPSA) is 50.9 Å². The number of nitrogens with zero attached hydrogens (tertiary/aromatic N) is 3. The van der Waals surface area contributed by atoms with Gasteiger partial charge in [-0.1, -0.05) is 38.1 Å². The molecule has 1 heterocycles. The van der Waals surface area contributed by atoms with Crippen LogP contribution in [0.4, 0.5) is 0 Å². The highest BCUT2D eigenvalue weighted by Crippen LogP contribution is 2.33. The Morgan fingerprint density at radius 1 is 1.22 bits per heavy atom. The van der Waals surface area contributed by atoms with Crippen LogP contribution in [-0.4, -0.2) is 25.7 Å². The SMILES string of the molecule is CCC(n1nnc2ccccc21)C(O)(CC)CC. The lowest BCUT2D eigenvalue weighted by molar-refractivity contribution is -0.0244. The Labute approximate surface area is 108 Å². The van der Waals surface area contributed by atoms with E-state index in [0.29, 0.717) is 0 Å². The van der Waals surface area contributed by atoms with Crippen molar-refractivity contribution < 1.29 is 5.11 Å². The second kappa shape index (κ2) is 5.06. The van der Waals surface area contributed by atoms with Gasteiger partial charge < -0.3 is 5.11 Å². The fourth-order valence-corrected chi connectivity index (χ4v) is 2.62. The Morgan fingerprint density at radius 3 is 2.50 bits per heavy atom. The third-order valence-corrected chi connectivity index (χ3v) is 3.90. The molecule has 0 aliphatic rings. The van der Waals surface area contributed by atoms with Crippen LogP contribution < -0.4 is 0 Å². The molecule has 18 heavy (non-hydrogen) atoms. The minimum absolute atomic E-state index is 0.0279. The van der Waals surface area contributed by atoms with E-state index >= 15 is 0 Å². The summed E-state index contributed by atoms with van der Waals surface area (Å²) in [5.41, 5.74) is 1.15. The van der Waals surface area contributed by atoms with Gasteiger partial charge in [0.15, 0.2) is 0 Å². The fraction of sp³-hybridized carbons (Fsp3) is 0.571. The van der Waals surface area contributed by atoms with E-state index in [-0.39, 0.29) is 6.04 Å². The minimum Gasteiger partial charge on any atom is -0.388 e. The largest absolute Gasteiger partial charge is 0.388 e. The van der Waals surface area contributed by atoms with Crippen molar-refractivity contribution in [1.82, 2.24) is 15.0 Å². The molecular weight excluding hydrogens is 226 g/mol. The first-order valence-corrected chi connectivity index (χ1v) is 6.68. The quantitative estimate of drug-likeness (QED) is 0.883. The lowest BCUT2D eigenvalue weighted by Gasteiger charge is -2.34. The zero-order valence-electron chi connectivity index (χ0n) is 11.3. The summed E-state index contributed by atoms with van der Waals surface area (Å²) in [7, 11) is 0. The first-order valence-electron chi connectivity index (χ1n) is 6.68. The zero-order chi connectivity index (χ0) is 13.2. The molecule has 4 heteroatoms. The molecule has 0 spiro atoms. The summed E-state index contributed by atoms with van der Waals surface area (Å²) in [6, 6.07) is 7.85. The predicted octanol–water partition coefficient (Wildman–Crippen LogP) is 2.93. The number of aromatic nitrogens is 3. The number of fused-ring (bicyclic) bond motifs is 1. The van der Waals surface area contributed by atoms with Crippen molar-refractivity contribution in [2.75, 3.05) is 0 Å². The van der Waals surface area contributed by atoms with Crippen LogP contribution in [0.5, 0.6) is 0 Å². The average molecular weight is 247 g/mol. The van der Waals surface area contributed by atoms with Gasteiger partial charge in [-0.3, -0.25) is 0 Å². The number of hydrogen-bond acceptors (Lipinski definition) is 3. The van der Waals surface area contributed by atoms with E-state index in [0.717, 1.165) is 30.3 Å². The van der Waals surface area contributed by atoms with Gasteiger partial charge in [-0.05, 0) is 31.4 Å². The molecule has 2 aromatic rings. The van der Waals surface area contributed by atoms with Crippen molar-refractivity contribution in [2.24, 2.45) is 0 Å². The maximum Gasteiger partial charge on any atom is 0.113 e. The fourth-order valence-electron chi connectivity index (χ4n) is 2.62. The number of hydrogen-bond donors (Lipinski definition) is 1. The molecule has 1 N–H and O–H groups in total. The van der Waals surface area contributed by atoms with Crippen LogP contribution in [0, 0.1) is 0 Å². The summed E-state index contributed by atoms with van der Waals surface area (Å²) in [5.74, 6) is 0. The molecule has 1 aromatic carbocycles. The molecule has 0 aliphatic carbocycles. The summed E-state index contributed by atoms with van der Waals surface area (Å²) >= 11 is 0. The van der Waals surface area contributed by atoms with Gasteiger partial charge in [-0.15, -0.1) is 5.10 Å². The number of para-hydroxylation sites is 1. The van der Waals surface area contributed by atoms with E-state index < -0.39 is 5.60 Å². The predicted molar refractivity (Wildman–Crippen MR) is 72.4 cm³/mol. The zero-order valence-corrected chi connectivity index (χ0v) is 11.3. The third kappa shape index (κ3) is 2.01. The lowest BCUT2D eigenvalue weighted by atomic mass is 9.87. The standard InChI is InChI=1S/C14H21N3O/c1-4-13(14(18,5-2)6-3)17-12-10-8-7-9-11(12)15-16-17/h7-10,13,18H,4-6H2,1-3H3. The van der Waals surface area contributed by atoms with Crippen molar-refractivity contribution >= 4 is 11.0 Å². The van der Waals surface area contributed by atoms with E-state index in [4.69, 9.17) is 0 Å². The number of rotatable bonds is 5. The Bertz CT molecular complexity index is 516. The molecule has 1 atom stereocenters. The van der Waals surface area contributed by atoms with Gasteiger partial charge in [0.1, 0.15) is 5.52 Å².